The standard InChI is InChI=1S/C4H9N3O2.FH/c5-1-3(8)7-4(9)2-6;/h1-2,5-6H2,(H,7,8,9);1H. The first kappa shape index (κ1) is 11.7. The molecule has 0 spiro atoms. The van der Waals surface area contributed by atoms with Crippen LogP contribution >= 0.6 is 0 Å². The summed E-state index contributed by atoms with van der Waals surface area (Å²) in [6, 6.07) is 0. The van der Waals surface area contributed by atoms with Crippen LogP contribution in [0.3, 0.4) is 0 Å². The predicted octanol–water partition coefficient (Wildman–Crippen LogP) is -2.30. The molecule has 5 nitrogen and oxygen atoms in total. The summed E-state index contributed by atoms with van der Waals surface area (Å²) in [6.45, 7) is -0.378. The van der Waals surface area contributed by atoms with Crippen molar-refractivity contribution < 1.29 is 14.3 Å². The van der Waals surface area contributed by atoms with Crippen molar-refractivity contribution in [1.82, 2.24) is 5.32 Å². The van der Waals surface area contributed by atoms with E-state index in [0.29, 0.717) is 0 Å². The summed E-state index contributed by atoms with van der Waals surface area (Å²) >= 11 is 0. The quantitative estimate of drug-likeness (QED) is 0.413. The van der Waals surface area contributed by atoms with Gasteiger partial charge in [-0.2, -0.15) is 0 Å². The summed E-state index contributed by atoms with van der Waals surface area (Å²) in [6.07, 6.45) is 0. The average molecular weight is 151 g/mol. The van der Waals surface area contributed by atoms with Crippen molar-refractivity contribution in [3.05, 3.63) is 0 Å². The van der Waals surface area contributed by atoms with Crippen LogP contribution in [0.1, 0.15) is 0 Å². The maximum absolute atomic E-state index is 10.3. The van der Waals surface area contributed by atoms with Gasteiger partial charge in [-0.15, -0.1) is 0 Å². The van der Waals surface area contributed by atoms with Crippen LogP contribution in [0.25, 0.3) is 0 Å². The average Bonchev–Trinajstić information content (AvgIpc) is 1.87. The summed E-state index contributed by atoms with van der Waals surface area (Å²) in [7, 11) is 0. The Bertz CT molecular complexity index is 114. The molecule has 0 aliphatic heterocycles. The lowest BCUT2D eigenvalue weighted by Crippen LogP contribution is -2.38. The van der Waals surface area contributed by atoms with E-state index in [1.54, 1.807) is 0 Å². The van der Waals surface area contributed by atoms with E-state index in [1.165, 1.54) is 0 Å². The first-order chi connectivity index (χ1) is 4.20. The summed E-state index contributed by atoms with van der Waals surface area (Å²) in [5.41, 5.74) is 9.74. The molecule has 2 amide bonds. The van der Waals surface area contributed by atoms with Crippen molar-refractivity contribution in [3.8, 4) is 0 Å². The SMILES string of the molecule is F.NCC(=O)NC(=O)CN. The smallest absolute Gasteiger partial charge is 0.240 e. The zero-order valence-electron chi connectivity index (χ0n) is 5.29. The Kier molecular flexibility index (Phi) is 7.18. The zero-order chi connectivity index (χ0) is 7.28. The lowest BCUT2D eigenvalue weighted by molar-refractivity contribution is -0.128. The minimum absolute atomic E-state index is 0. The van der Waals surface area contributed by atoms with Crippen molar-refractivity contribution in [3.63, 3.8) is 0 Å². The predicted molar refractivity (Wildman–Crippen MR) is 33.8 cm³/mol. The van der Waals surface area contributed by atoms with Gasteiger partial charge in [0, 0.05) is 0 Å². The number of amides is 2. The molecule has 0 aromatic heterocycles. The molecule has 0 rings (SSSR count). The number of nitrogens with one attached hydrogen (secondary N) is 1. The molecule has 0 aromatic carbocycles. The lowest BCUT2D eigenvalue weighted by atomic mass is 10.5. The highest BCUT2D eigenvalue weighted by Crippen LogP contribution is 1.59. The molecular formula is C4H10FN3O2. The highest BCUT2D eigenvalue weighted by atomic mass is 19.0. The van der Waals surface area contributed by atoms with E-state index in [0.717, 1.165) is 0 Å². The maximum Gasteiger partial charge on any atom is 0.240 e. The van der Waals surface area contributed by atoms with Crippen molar-refractivity contribution >= 4 is 11.8 Å². The van der Waals surface area contributed by atoms with Gasteiger partial charge < -0.3 is 11.5 Å². The highest BCUT2D eigenvalue weighted by molar-refractivity contribution is 5.96. The summed E-state index contributed by atoms with van der Waals surface area (Å²) in [5.74, 6) is -1.02. The Morgan fingerprint density at radius 1 is 1.10 bits per heavy atom. The molecule has 6 heteroatoms. The van der Waals surface area contributed by atoms with Crippen LogP contribution in [-0.2, 0) is 9.59 Å². The fraction of sp³-hybridized carbons (Fsp3) is 0.500. The van der Waals surface area contributed by atoms with Crippen molar-refractivity contribution in [2.75, 3.05) is 13.1 Å². The lowest BCUT2D eigenvalue weighted by Gasteiger charge is -1.96. The first-order valence-corrected chi connectivity index (χ1v) is 2.43. The highest BCUT2D eigenvalue weighted by Gasteiger charge is 2.00. The molecule has 60 valence electrons. The van der Waals surface area contributed by atoms with E-state index < -0.39 is 11.8 Å². The Hall–Kier alpha value is -1.01. The van der Waals surface area contributed by atoms with E-state index >= 15 is 0 Å². The third kappa shape index (κ3) is 5.13. The minimum atomic E-state index is -0.509. The van der Waals surface area contributed by atoms with Gasteiger partial charge in [0.25, 0.3) is 0 Å². The van der Waals surface area contributed by atoms with E-state index in [-0.39, 0.29) is 17.8 Å². The van der Waals surface area contributed by atoms with Gasteiger partial charge in [0.2, 0.25) is 11.8 Å². The summed E-state index contributed by atoms with van der Waals surface area (Å²) < 4.78 is 0. The number of rotatable bonds is 2. The van der Waals surface area contributed by atoms with Gasteiger partial charge in [-0.1, -0.05) is 0 Å². The van der Waals surface area contributed by atoms with E-state index in [9.17, 15) is 9.59 Å². The van der Waals surface area contributed by atoms with E-state index in [4.69, 9.17) is 11.5 Å². The molecule has 0 saturated heterocycles. The molecule has 0 aromatic rings. The second kappa shape index (κ2) is 6.12. The first-order valence-electron chi connectivity index (χ1n) is 2.43. The molecule has 0 aliphatic carbocycles. The normalized spacial score (nSPS) is 7.80. The number of hydrogen-bond acceptors (Lipinski definition) is 4. The number of halogens is 1. The Morgan fingerprint density at radius 3 is 1.60 bits per heavy atom. The number of imide groups is 1. The Morgan fingerprint density at radius 2 is 1.40 bits per heavy atom. The van der Waals surface area contributed by atoms with Crippen LogP contribution in [0.4, 0.5) is 4.70 Å². The van der Waals surface area contributed by atoms with Gasteiger partial charge in [0.1, 0.15) is 0 Å². The van der Waals surface area contributed by atoms with Crippen LogP contribution < -0.4 is 16.8 Å². The second-order valence-corrected chi connectivity index (χ2v) is 1.38. The van der Waals surface area contributed by atoms with Crippen LogP contribution in [0.5, 0.6) is 0 Å². The molecule has 0 radical (unpaired) electrons. The van der Waals surface area contributed by atoms with Crippen molar-refractivity contribution in [2.24, 2.45) is 11.5 Å². The number of hydrogen-bond donors (Lipinski definition) is 3. The molecule has 0 aliphatic rings. The summed E-state index contributed by atoms with van der Waals surface area (Å²) in [5, 5.41) is 1.95. The fourth-order valence-corrected chi connectivity index (χ4v) is 0.258. The number of carbonyl (C=O) groups excluding carboxylic acids is 2. The number of nitrogens with two attached hydrogens (primary N) is 2. The third-order valence-corrected chi connectivity index (χ3v) is 0.650. The maximum atomic E-state index is 10.3. The van der Waals surface area contributed by atoms with Gasteiger partial charge in [-0.05, 0) is 0 Å². The molecule has 0 fully saturated rings. The monoisotopic (exact) mass is 151 g/mol. The van der Waals surface area contributed by atoms with Gasteiger partial charge in [0.15, 0.2) is 0 Å². The molecule has 0 saturated carbocycles. The van der Waals surface area contributed by atoms with Crippen LogP contribution in [-0.4, -0.2) is 24.9 Å². The molecule has 0 heterocycles. The largest absolute Gasteiger partial charge is 0.322 e. The van der Waals surface area contributed by atoms with E-state index in [2.05, 4.69) is 0 Å². The molecule has 0 bridgehead atoms. The fourth-order valence-electron chi connectivity index (χ4n) is 0.258. The topological polar surface area (TPSA) is 98.2 Å². The molecule has 10 heavy (non-hydrogen) atoms. The number of carbonyl (C=O) groups is 2. The second-order valence-electron chi connectivity index (χ2n) is 1.38. The van der Waals surface area contributed by atoms with Crippen molar-refractivity contribution in [2.45, 2.75) is 0 Å². The molecular weight excluding hydrogens is 141 g/mol. The minimum Gasteiger partial charge on any atom is -0.322 e. The van der Waals surface area contributed by atoms with Gasteiger partial charge in [0.05, 0.1) is 13.1 Å². The van der Waals surface area contributed by atoms with Crippen LogP contribution in [0.15, 0.2) is 0 Å². The van der Waals surface area contributed by atoms with E-state index in [1.807, 2.05) is 5.32 Å². The molecule has 5 N–H and O–H groups in total. The Balaban J connectivity index is 0. The molecule has 0 unspecified atom stereocenters. The van der Waals surface area contributed by atoms with Gasteiger partial charge in [-0.25, -0.2) is 0 Å². The summed E-state index contributed by atoms with van der Waals surface area (Å²) in [4.78, 5) is 20.5. The zero-order valence-corrected chi connectivity index (χ0v) is 5.29. The van der Waals surface area contributed by atoms with Crippen molar-refractivity contribution in [1.29, 1.82) is 0 Å². The van der Waals surface area contributed by atoms with Crippen LogP contribution in [0, 0.1) is 0 Å². The van der Waals surface area contributed by atoms with Gasteiger partial charge in [-0.3, -0.25) is 19.6 Å². The third-order valence-electron chi connectivity index (χ3n) is 0.650. The molecule has 0 atom stereocenters. The van der Waals surface area contributed by atoms with Crippen LogP contribution in [0.2, 0.25) is 0 Å². The Labute approximate surface area is 57.1 Å². The van der Waals surface area contributed by atoms with Gasteiger partial charge >= 0.3 is 0 Å².